The molecule has 0 aromatic carbocycles. The third-order valence-electron chi connectivity index (χ3n) is 3.78. The quantitative estimate of drug-likeness (QED) is 0.198. The molecule has 12 nitrogen and oxygen atoms in total. The zero-order valence-corrected chi connectivity index (χ0v) is 19.7. The SMILES string of the molecule is Nc1ccnc(C(F)(F)F)n1.O=C(O)COCCOCC(=O)NCC1OCCC(O)C1O.[CH3-].[V]. The van der Waals surface area contributed by atoms with Crippen LogP contribution in [0.4, 0.5) is 19.0 Å². The van der Waals surface area contributed by atoms with Gasteiger partial charge in [0, 0.05) is 37.9 Å². The van der Waals surface area contributed by atoms with E-state index in [0.717, 1.165) is 6.20 Å². The number of aliphatic hydroxyl groups excluding tert-OH is 2. The normalized spacial score (nSPS) is 19.5. The summed E-state index contributed by atoms with van der Waals surface area (Å²) in [6.45, 7) is -0.0269. The van der Waals surface area contributed by atoms with Crippen LogP contribution in [0.3, 0.4) is 0 Å². The van der Waals surface area contributed by atoms with Gasteiger partial charge in [-0.15, -0.1) is 0 Å². The smallest absolute Gasteiger partial charge is 0.451 e. The van der Waals surface area contributed by atoms with Gasteiger partial charge < -0.3 is 48.0 Å². The second kappa shape index (κ2) is 17.4. The molecule has 34 heavy (non-hydrogen) atoms. The topological polar surface area (TPSA) is 186 Å². The van der Waals surface area contributed by atoms with E-state index in [0.29, 0.717) is 13.0 Å². The van der Waals surface area contributed by atoms with Crippen LogP contribution in [-0.4, -0.2) is 95.1 Å². The molecule has 1 aromatic heterocycles. The summed E-state index contributed by atoms with van der Waals surface area (Å²) in [6.07, 6.45) is -5.70. The molecule has 1 amide bonds. The number of nitrogen functional groups attached to an aromatic ring is 1. The van der Waals surface area contributed by atoms with Crippen molar-refractivity contribution in [3.05, 3.63) is 25.5 Å². The molecule has 2 heterocycles. The number of amides is 1. The predicted molar refractivity (Wildman–Crippen MR) is 107 cm³/mol. The van der Waals surface area contributed by atoms with Crippen molar-refractivity contribution in [1.29, 1.82) is 0 Å². The summed E-state index contributed by atoms with van der Waals surface area (Å²) in [7, 11) is 0. The van der Waals surface area contributed by atoms with Gasteiger partial charge >= 0.3 is 12.1 Å². The minimum absolute atomic E-state index is 0. The Hall–Kier alpha value is -2.01. The summed E-state index contributed by atoms with van der Waals surface area (Å²) in [5.41, 5.74) is 5.00. The number of carbonyl (C=O) groups excluding carboxylic acids is 1. The van der Waals surface area contributed by atoms with Crippen molar-refractivity contribution in [1.82, 2.24) is 15.3 Å². The third kappa shape index (κ3) is 14.3. The van der Waals surface area contributed by atoms with Gasteiger partial charge in [0.05, 0.1) is 19.3 Å². The van der Waals surface area contributed by atoms with Crippen LogP contribution in [0, 0.1) is 7.43 Å². The summed E-state index contributed by atoms with van der Waals surface area (Å²) in [6, 6.07) is 1.19. The van der Waals surface area contributed by atoms with Gasteiger partial charge in [-0.05, 0) is 12.5 Å². The van der Waals surface area contributed by atoms with E-state index in [1.54, 1.807) is 0 Å². The number of nitrogens with two attached hydrogens (primary N) is 1. The maximum absolute atomic E-state index is 11.8. The Kier molecular flexibility index (Phi) is 17.5. The molecule has 3 unspecified atom stereocenters. The summed E-state index contributed by atoms with van der Waals surface area (Å²) in [4.78, 5) is 27.6. The number of hydrogen-bond donors (Lipinski definition) is 5. The molecule has 1 saturated heterocycles. The Morgan fingerprint density at radius 1 is 1.24 bits per heavy atom. The van der Waals surface area contributed by atoms with Gasteiger partial charge in [0.1, 0.15) is 31.2 Å². The average molecular weight is 536 g/mol. The van der Waals surface area contributed by atoms with Crippen molar-refractivity contribution < 1.29 is 70.8 Å². The van der Waals surface area contributed by atoms with Crippen LogP contribution in [0.2, 0.25) is 0 Å². The fourth-order valence-electron chi connectivity index (χ4n) is 2.25. The Labute approximate surface area is 205 Å². The maximum atomic E-state index is 11.8. The molecule has 195 valence electrons. The first-order valence-corrected chi connectivity index (χ1v) is 9.28. The van der Waals surface area contributed by atoms with Gasteiger partial charge in [0.15, 0.2) is 0 Å². The summed E-state index contributed by atoms with van der Waals surface area (Å²) in [5.74, 6) is -2.87. The van der Waals surface area contributed by atoms with Crippen molar-refractivity contribution in [3.8, 4) is 0 Å². The first-order valence-electron chi connectivity index (χ1n) is 9.28. The fraction of sp³-hybridized carbons (Fsp3) is 0.611. The Morgan fingerprint density at radius 3 is 2.38 bits per heavy atom. The number of aromatic nitrogens is 2. The molecule has 2 rings (SSSR count). The minimum Gasteiger partial charge on any atom is -0.480 e. The van der Waals surface area contributed by atoms with Crippen LogP contribution in [0.5, 0.6) is 0 Å². The van der Waals surface area contributed by atoms with E-state index in [1.165, 1.54) is 6.07 Å². The van der Waals surface area contributed by atoms with Gasteiger partial charge in [-0.1, -0.05) is 0 Å². The van der Waals surface area contributed by atoms with Gasteiger partial charge in [0.2, 0.25) is 11.7 Å². The number of alkyl halides is 3. The first kappa shape index (κ1) is 34.2. The van der Waals surface area contributed by atoms with Crippen LogP contribution in [0.1, 0.15) is 12.2 Å². The number of carbonyl (C=O) groups is 2. The number of ether oxygens (including phenoxy) is 3. The maximum Gasteiger partial charge on any atom is 0.451 e. The molecule has 1 radical (unpaired) electrons. The summed E-state index contributed by atoms with van der Waals surface area (Å²) < 4.78 is 50.3. The Bertz CT molecular complexity index is 733. The molecule has 6 N–H and O–H groups in total. The number of rotatable bonds is 9. The van der Waals surface area contributed by atoms with Crippen molar-refractivity contribution >= 4 is 17.7 Å². The second-order valence-corrected chi connectivity index (χ2v) is 6.36. The van der Waals surface area contributed by atoms with Crippen LogP contribution in [0.25, 0.3) is 0 Å². The van der Waals surface area contributed by atoms with Crippen LogP contribution in [-0.2, 0) is 48.5 Å². The van der Waals surface area contributed by atoms with Crippen molar-refractivity contribution in [2.24, 2.45) is 0 Å². The van der Waals surface area contributed by atoms with E-state index in [4.69, 9.17) is 25.1 Å². The molecule has 1 aliphatic heterocycles. The zero-order valence-electron chi connectivity index (χ0n) is 18.3. The fourth-order valence-corrected chi connectivity index (χ4v) is 2.25. The third-order valence-corrected chi connectivity index (χ3v) is 3.78. The minimum atomic E-state index is -4.52. The number of halogens is 3. The second-order valence-electron chi connectivity index (χ2n) is 6.36. The Morgan fingerprint density at radius 2 is 1.85 bits per heavy atom. The van der Waals surface area contributed by atoms with Crippen molar-refractivity contribution in [2.45, 2.75) is 30.9 Å². The molecule has 0 aliphatic carbocycles. The molecule has 1 fully saturated rings. The number of anilines is 1. The standard InChI is InChI=1S/C12H21NO8.C5H4F3N3.CH3.V/c14-8-1-2-21-9(12(8)18)5-13-10(15)6-19-3-4-20-7-11(16)17;6-5(7,8)4-10-2-1-3(9)11-4;;/h8-9,12,14,18H,1-7H2,(H,13,15)(H,16,17);1-2H,(H2,9,10,11);1H3;/q;;-1;. The predicted octanol–water partition coefficient (Wildman–Crippen LogP) is -0.744. The first-order chi connectivity index (χ1) is 15.0. The van der Waals surface area contributed by atoms with E-state index in [1.807, 2.05) is 0 Å². The van der Waals surface area contributed by atoms with Crippen LogP contribution >= 0.6 is 0 Å². The van der Waals surface area contributed by atoms with E-state index in [9.17, 15) is 33.0 Å². The molecular weight excluding hydrogens is 508 g/mol. The number of hydrogen-bond acceptors (Lipinski definition) is 10. The molecule has 0 saturated carbocycles. The monoisotopic (exact) mass is 536 g/mol. The largest absolute Gasteiger partial charge is 0.480 e. The van der Waals surface area contributed by atoms with Gasteiger partial charge in [-0.3, -0.25) is 4.79 Å². The number of nitrogens with one attached hydrogen (secondary N) is 1. The average Bonchev–Trinajstić information content (AvgIpc) is 2.71. The zero-order chi connectivity index (χ0) is 24.1. The van der Waals surface area contributed by atoms with Crippen LogP contribution in [0.15, 0.2) is 12.3 Å². The molecule has 0 spiro atoms. The summed E-state index contributed by atoms with van der Waals surface area (Å²) in [5, 5.41) is 29.9. The molecule has 0 bridgehead atoms. The van der Waals surface area contributed by atoms with Crippen molar-refractivity contribution in [2.75, 3.05) is 45.3 Å². The molecule has 3 atom stereocenters. The van der Waals surface area contributed by atoms with Crippen LogP contribution < -0.4 is 11.1 Å². The molecule has 1 aliphatic rings. The number of carboxylic acids is 1. The van der Waals surface area contributed by atoms with E-state index in [2.05, 4.69) is 15.3 Å². The molecule has 1 aromatic rings. The number of carboxylic acid groups (broad SMARTS) is 1. The number of nitrogens with zero attached hydrogens (tertiary/aromatic N) is 2. The van der Waals surface area contributed by atoms with E-state index >= 15 is 0 Å². The van der Waals surface area contributed by atoms with Gasteiger partial charge in [-0.2, -0.15) is 13.2 Å². The van der Waals surface area contributed by atoms with E-state index in [-0.39, 0.29) is 58.2 Å². The van der Waals surface area contributed by atoms with Gasteiger partial charge in [-0.25, -0.2) is 14.8 Å². The van der Waals surface area contributed by atoms with Gasteiger partial charge in [0.25, 0.3) is 0 Å². The number of aliphatic carboxylic acids is 1. The van der Waals surface area contributed by atoms with E-state index < -0.39 is 48.8 Å². The molecule has 16 heteroatoms. The number of aliphatic hydroxyl groups is 2. The Balaban J connectivity index is 0. The van der Waals surface area contributed by atoms with Crippen molar-refractivity contribution in [3.63, 3.8) is 0 Å². The summed E-state index contributed by atoms with van der Waals surface area (Å²) >= 11 is 0. The molecular formula is C18H28F3N4O8V-.